The van der Waals surface area contributed by atoms with Gasteiger partial charge in [0.1, 0.15) is 11.8 Å². The number of carbonyl (C=O) groups is 6. The van der Waals surface area contributed by atoms with Gasteiger partial charge >= 0.3 is 25.8 Å². The minimum absolute atomic E-state index is 0. The van der Waals surface area contributed by atoms with Gasteiger partial charge in [-0.05, 0) is 44.9 Å². The second-order valence-corrected chi connectivity index (χ2v) is 14.3. The molecule has 2 rings (SSSR count). The Morgan fingerprint density at radius 2 is 1.31 bits per heavy atom. The third kappa shape index (κ3) is 21.2. The summed E-state index contributed by atoms with van der Waals surface area (Å²) in [7, 11) is 0. The first-order chi connectivity index (χ1) is 25.8. The number of hydrogen-bond donors (Lipinski definition) is 3. The van der Waals surface area contributed by atoms with Gasteiger partial charge in [-0.2, -0.15) is 0 Å². The molecule has 0 aromatic rings. The van der Waals surface area contributed by atoms with Crippen LogP contribution in [-0.4, -0.2) is 176 Å². The molecule has 1 amide bonds. The molecule has 16 nitrogen and oxygen atoms in total. The van der Waals surface area contributed by atoms with E-state index in [-0.39, 0.29) is 121 Å². The predicted octanol–water partition coefficient (Wildman–Crippen LogP) is -2.75. The number of carbonyl (C=O) groups excluding carboxylic acids is 5. The minimum atomic E-state index is -1.34. The molecule has 1 saturated carbocycles. The number of Topliss-reactive ketones (excluding diaryl/α,β-unsaturated/α-hetero) is 1. The molecule has 3 N–H and O–H groups in total. The molecule has 0 aromatic heterocycles. The van der Waals surface area contributed by atoms with Crippen LogP contribution >= 0.6 is 0 Å². The summed E-state index contributed by atoms with van der Waals surface area (Å²) in [6.45, 7) is 2.24. The number of rotatable bonds is 23. The Labute approximate surface area is 338 Å². The predicted molar refractivity (Wildman–Crippen MR) is 199 cm³/mol. The molecule has 306 valence electrons. The number of carboxylic acid groups (broad SMARTS) is 4. The van der Waals surface area contributed by atoms with Crippen molar-refractivity contribution in [1.82, 2.24) is 24.9 Å². The van der Waals surface area contributed by atoms with E-state index in [4.69, 9.17) is 0 Å². The van der Waals surface area contributed by atoms with E-state index in [9.17, 15) is 54.3 Å². The van der Waals surface area contributed by atoms with Gasteiger partial charge in [0.15, 0.2) is 0 Å². The van der Waals surface area contributed by atoms with Crippen molar-refractivity contribution in [3.05, 3.63) is 24.3 Å². The summed E-state index contributed by atoms with van der Waals surface area (Å²) in [6, 6.07) is -0.997. The van der Waals surface area contributed by atoms with Crippen LogP contribution in [0.3, 0.4) is 0 Å². The standard InChI is InChI=1S/C38H63N5O11.Ga/c1-2-3-4-5-8-12-29-30(33(45)25-32(29)44)13-9-6-7-10-15-34(46)39-16-11-14-31(38(53)54)43-23-21-41(27-36(49)50)19-17-40(26-35(47)48)18-20-42(22-24-43)28-37(51)52;/h6,8-9,12,29-32,44H,2-5,7,10-11,13-28H2,1H3,(H,39,46)(H,47,48)(H,49,50)(H,51,52)(H,53,54);/q;+3/p-3/b9-6-,12-8+;/t29-,30+,31?,32+;/m0./s1. The molecule has 1 saturated heterocycles. The van der Waals surface area contributed by atoms with E-state index in [1.165, 1.54) is 4.90 Å². The van der Waals surface area contributed by atoms with E-state index >= 15 is 0 Å². The van der Waals surface area contributed by atoms with Gasteiger partial charge in [0.05, 0.1) is 24.0 Å². The Hall–Kier alpha value is -3.06. The Kier molecular flexibility index (Phi) is 25.7. The number of unbranched alkanes of at least 4 members (excludes halogenated alkanes) is 4. The van der Waals surface area contributed by atoms with Crippen molar-refractivity contribution < 1.29 is 54.3 Å². The Morgan fingerprint density at radius 3 is 1.82 bits per heavy atom. The number of hydrogen-bond acceptors (Lipinski definition) is 14. The summed E-state index contributed by atoms with van der Waals surface area (Å²) in [6.07, 6.45) is 14.4. The van der Waals surface area contributed by atoms with E-state index in [0.717, 1.165) is 25.7 Å². The molecule has 0 spiro atoms. The molecule has 1 heterocycles. The summed E-state index contributed by atoms with van der Waals surface area (Å²) < 4.78 is 0. The number of allylic oxidation sites excluding steroid dienone is 3. The number of aliphatic carboxylic acids is 4. The average molecular weight is 833 g/mol. The molecule has 1 aliphatic heterocycles. The van der Waals surface area contributed by atoms with E-state index in [0.29, 0.717) is 25.7 Å². The Balaban J connectivity index is 0.0000151. The minimum Gasteiger partial charge on any atom is -0.549 e. The molecule has 0 bridgehead atoms. The fourth-order valence-electron chi connectivity index (χ4n) is 6.99. The third-order valence-corrected chi connectivity index (χ3v) is 10.0. The molecular formula is C38H60GaN5O11. The Morgan fingerprint density at radius 1 is 0.782 bits per heavy atom. The van der Waals surface area contributed by atoms with Gasteiger partial charge in [0, 0.05) is 103 Å². The van der Waals surface area contributed by atoms with Gasteiger partial charge in [0.2, 0.25) is 5.91 Å². The van der Waals surface area contributed by atoms with Gasteiger partial charge < -0.3 is 45.2 Å². The van der Waals surface area contributed by atoms with Crippen molar-refractivity contribution in [2.24, 2.45) is 11.8 Å². The maximum atomic E-state index is 12.5. The van der Waals surface area contributed by atoms with Crippen LogP contribution in [0.4, 0.5) is 0 Å². The maximum Gasteiger partial charge on any atom is 3.00 e. The van der Waals surface area contributed by atoms with Gasteiger partial charge in [-0.1, -0.05) is 44.1 Å². The first kappa shape index (κ1) is 50.0. The van der Waals surface area contributed by atoms with Gasteiger partial charge in [-0.15, -0.1) is 0 Å². The molecule has 1 unspecified atom stereocenters. The zero-order chi connectivity index (χ0) is 39.9. The van der Waals surface area contributed by atoms with Crippen molar-refractivity contribution in [2.75, 3.05) is 78.5 Å². The molecule has 17 heteroatoms. The van der Waals surface area contributed by atoms with Crippen molar-refractivity contribution in [2.45, 2.75) is 89.7 Å². The van der Waals surface area contributed by atoms with E-state index < -0.39 is 55.7 Å². The zero-order valence-electron chi connectivity index (χ0n) is 32.3. The van der Waals surface area contributed by atoms with Crippen molar-refractivity contribution in [3.8, 4) is 0 Å². The van der Waals surface area contributed by atoms with Crippen molar-refractivity contribution in [1.29, 1.82) is 0 Å². The van der Waals surface area contributed by atoms with E-state index in [1.807, 2.05) is 18.2 Å². The normalized spacial score (nSPS) is 21.9. The maximum absolute atomic E-state index is 12.5. The van der Waals surface area contributed by atoms with Crippen molar-refractivity contribution in [3.63, 3.8) is 0 Å². The molecule has 2 fully saturated rings. The van der Waals surface area contributed by atoms with Crippen LogP contribution in [0, 0.1) is 11.8 Å². The first-order valence-corrected chi connectivity index (χ1v) is 19.3. The number of nitrogens with zero attached hydrogens (tertiary/aromatic N) is 4. The van der Waals surface area contributed by atoms with Crippen LogP contribution < -0.4 is 20.6 Å². The second-order valence-electron chi connectivity index (χ2n) is 14.3. The fraction of sp³-hybridized carbons (Fsp3) is 0.737. The molecule has 55 heavy (non-hydrogen) atoms. The average Bonchev–Trinajstić information content (AvgIpc) is 3.36. The third-order valence-electron chi connectivity index (χ3n) is 10.0. The second kappa shape index (κ2) is 28.3. The van der Waals surface area contributed by atoms with Crippen LogP contribution in [0.25, 0.3) is 0 Å². The molecule has 0 aromatic carbocycles. The number of ketones is 1. The first-order valence-electron chi connectivity index (χ1n) is 19.3. The molecular weight excluding hydrogens is 772 g/mol. The monoisotopic (exact) mass is 831 g/mol. The van der Waals surface area contributed by atoms with Crippen LogP contribution in [0.5, 0.6) is 0 Å². The smallest absolute Gasteiger partial charge is 0.549 e. The number of aliphatic hydroxyl groups is 1. The summed E-state index contributed by atoms with van der Waals surface area (Å²) in [5.74, 6) is -5.63. The molecule has 4 atom stereocenters. The van der Waals surface area contributed by atoms with Crippen molar-refractivity contribution >= 4 is 55.4 Å². The Bertz CT molecular complexity index is 1240. The molecule has 0 radical (unpaired) electrons. The van der Waals surface area contributed by atoms with Crippen LogP contribution in [0.2, 0.25) is 0 Å². The van der Waals surface area contributed by atoms with E-state index in [1.54, 1.807) is 14.7 Å². The van der Waals surface area contributed by atoms with Gasteiger partial charge in [-0.25, -0.2) is 0 Å². The summed E-state index contributed by atoms with van der Waals surface area (Å²) >= 11 is 0. The van der Waals surface area contributed by atoms with Crippen LogP contribution in [0.1, 0.15) is 77.6 Å². The summed E-state index contributed by atoms with van der Waals surface area (Å²) in [5, 5.41) is 57.5. The zero-order valence-corrected chi connectivity index (χ0v) is 34.7. The SMILES string of the molecule is CCCCC/C=C/[C@@H]1[C@H](O)CC(=O)[C@@H]1C/C=C\CCCC(=O)NCCCC(C(=O)O)N1CCN(CC(=O)[O-])CCN(CC(=O)[O-])CCN(CC(=O)[O-])CC1.[Ga+3]. The fourth-order valence-corrected chi connectivity index (χ4v) is 6.99. The van der Waals surface area contributed by atoms with Gasteiger partial charge in [-0.3, -0.25) is 34.0 Å². The van der Waals surface area contributed by atoms with Gasteiger partial charge in [0.25, 0.3) is 0 Å². The summed E-state index contributed by atoms with van der Waals surface area (Å²) in [5.41, 5.74) is 0. The number of aliphatic hydroxyl groups excluding tert-OH is 1. The molecule has 1 aliphatic carbocycles. The van der Waals surface area contributed by atoms with Crippen LogP contribution in [-0.2, 0) is 28.8 Å². The number of carboxylic acids is 4. The van der Waals surface area contributed by atoms with Crippen LogP contribution in [0.15, 0.2) is 24.3 Å². The number of amides is 1. The summed E-state index contributed by atoms with van der Waals surface area (Å²) in [4.78, 5) is 77.8. The number of nitrogens with one attached hydrogen (secondary N) is 1. The quantitative estimate of drug-likeness (QED) is 0.0538. The molecule has 2 aliphatic rings. The largest absolute Gasteiger partial charge is 3.00 e. The topological polar surface area (TPSA) is 237 Å². The van der Waals surface area contributed by atoms with E-state index in [2.05, 4.69) is 18.3 Å².